The van der Waals surface area contributed by atoms with Crippen LogP contribution in [0.25, 0.3) is 0 Å². The molecule has 73 heavy (non-hydrogen) atoms. The van der Waals surface area contributed by atoms with E-state index in [0.29, 0.717) is 0 Å². The van der Waals surface area contributed by atoms with Crippen LogP contribution in [-0.2, 0) is 7.05 Å². The van der Waals surface area contributed by atoms with Gasteiger partial charge in [-0.3, -0.25) is 0 Å². The van der Waals surface area contributed by atoms with Gasteiger partial charge in [-0.2, -0.15) is 11.3 Å². The van der Waals surface area contributed by atoms with Crippen molar-refractivity contribution in [1.29, 1.82) is 0 Å². The van der Waals surface area contributed by atoms with Crippen LogP contribution in [0, 0.1) is 55.4 Å². The third-order valence-electron chi connectivity index (χ3n) is 6.41. The average molecular weight is 1050 g/mol. The second-order valence-electron chi connectivity index (χ2n) is 11.8. The fourth-order valence-corrected chi connectivity index (χ4v) is 4.66. The maximum atomic E-state index is 4.83. The maximum absolute atomic E-state index is 4.83. The van der Waals surface area contributed by atoms with E-state index in [0.717, 1.165) is 11.7 Å². The lowest BCUT2D eigenvalue weighted by Gasteiger charge is -1.82. The van der Waals surface area contributed by atoms with Crippen LogP contribution in [0.15, 0.2) is 189 Å². The Balaban J connectivity index is -0.0000000868. The molecule has 0 bridgehead atoms. The van der Waals surface area contributed by atoms with Crippen LogP contribution in [0.4, 0.5) is 0 Å². The summed E-state index contributed by atoms with van der Waals surface area (Å²) in [6.45, 7) is 52.1. The largest absolute Gasteiger partial charge is 0.472 e. The Bertz CT molecular complexity index is 1560. The molecular weight excluding hydrogens is 937 g/mol. The number of hydrogen-bond donors (Lipinski definition) is 2. The summed E-state index contributed by atoms with van der Waals surface area (Å²) in [6.07, 6.45) is 18.0. The Morgan fingerprint density at radius 2 is 1.04 bits per heavy atom. The number of aromatic nitrogens is 4. The van der Waals surface area contributed by atoms with Gasteiger partial charge in [-0.1, -0.05) is 167 Å². The summed E-state index contributed by atoms with van der Waals surface area (Å²) in [5.41, 5.74) is 6.36. The van der Waals surface area contributed by atoms with E-state index >= 15 is 0 Å². The van der Waals surface area contributed by atoms with Gasteiger partial charge in [0.2, 0.25) is 0 Å². The van der Waals surface area contributed by atoms with E-state index in [-0.39, 0.29) is 0 Å². The number of nitrogens with zero attached hydrogens (tertiary/aromatic N) is 2. The molecule has 1 aromatic carbocycles. The Hall–Kier alpha value is -5.77. The molecule has 0 fully saturated rings. The van der Waals surface area contributed by atoms with Crippen molar-refractivity contribution in [2.75, 3.05) is 0 Å². The number of H-pyrrole nitrogens is 2. The van der Waals surface area contributed by atoms with Gasteiger partial charge in [0, 0.05) is 55.5 Å². The molecule has 7 nitrogen and oxygen atoms in total. The molecular formula is C64H112N4O3S2. The zero-order valence-corrected chi connectivity index (χ0v) is 53.3. The van der Waals surface area contributed by atoms with Crippen molar-refractivity contribution in [3.63, 3.8) is 0 Å². The van der Waals surface area contributed by atoms with E-state index in [2.05, 4.69) is 89.1 Å². The molecule has 8 aromatic heterocycles. The normalized spacial score (nSPS) is 7.38. The van der Waals surface area contributed by atoms with Gasteiger partial charge in [0.1, 0.15) is 12.0 Å². The monoisotopic (exact) mass is 1050 g/mol. The Morgan fingerprint density at radius 3 is 1.18 bits per heavy atom. The number of aromatic amines is 2. The van der Waals surface area contributed by atoms with Crippen molar-refractivity contribution >= 4 is 22.7 Å². The molecule has 0 amide bonds. The second kappa shape index (κ2) is 83.1. The first kappa shape index (κ1) is 87.0. The van der Waals surface area contributed by atoms with Gasteiger partial charge in [-0.25, -0.2) is 4.98 Å². The van der Waals surface area contributed by atoms with Crippen molar-refractivity contribution < 1.29 is 13.3 Å². The average Bonchev–Trinajstić information content (AvgIpc) is 4.29. The molecule has 0 saturated heterocycles. The van der Waals surface area contributed by atoms with Crippen LogP contribution in [0.2, 0.25) is 0 Å². The minimum atomic E-state index is 0.718. The van der Waals surface area contributed by atoms with Crippen molar-refractivity contribution in [2.24, 2.45) is 7.05 Å². The molecule has 0 atom stereocenters. The van der Waals surface area contributed by atoms with Gasteiger partial charge in [0.05, 0.1) is 25.0 Å². The number of nitrogens with one attached hydrogen (secondary N) is 2. The molecule has 0 saturated carbocycles. The first-order valence-electron chi connectivity index (χ1n) is 26.7. The van der Waals surface area contributed by atoms with E-state index < -0.39 is 0 Å². The summed E-state index contributed by atoms with van der Waals surface area (Å²) in [7, 11) is 2.00. The van der Waals surface area contributed by atoms with Gasteiger partial charge < -0.3 is 27.8 Å². The van der Waals surface area contributed by atoms with Gasteiger partial charge in [0.15, 0.2) is 5.89 Å². The predicted octanol–water partition coefficient (Wildman–Crippen LogP) is 23.2. The molecule has 9 rings (SSSR count). The highest BCUT2D eigenvalue weighted by Crippen LogP contribution is 2.04. The highest BCUT2D eigenvalue weighted by Gasteiger charge is 1.79. The molecule has 0 aliphatic rings. The number of thiophene rings is 2. The Morgan fingerprint density at radius 1 is 0.466 bits per heavy atom. The maximum Gasteiger partial charge on any atom is 0.190 e. The van der Waals surface area contributed by atoms with E-state index in [1.54, 1.807) is 60.8 Å². The Labute approximate surface area is 460 Å². The van der Waals surface area contributed by atoms with Crippen LogP contribution >= 0.6 is 22.7 Å². The molecule has 9 aromatic rings. The molecule has 0 radical (unpaired) electrons. The standard InChI is InChI=1S/C7H8.3C5H7N.2C5H6O.2C5H6S.C4H5NO.9C2H6/c1-7-5-3-2-4-6-7;1-5-2-3-6-4-5;1-6-4-2-3-5-6;1-5-3-2-4-6-5;1-5-2-3-6-4-5;1-5-3-2-4-6-5;1-5-2-3-6-4-5;1-5-3-2-4-6-5;1-4-5-2-3-6-4;9*1-2/h2-6H,1H3;2-4,6H,1H3;2-5H,1H3;2-4,6H,1H3;4*2-4H,1H3;2-3H,1H3;9*1-2H3. The van der Waals surface area contributed by atoms with E-state index in [4.69, 9.17) is 13.3 Å². The SMILES string of the molecule is CC.CC.CC.CC.CC.CC.CC.CC.CC.Cc1cc[nH]c1.Cc1ccc[nH]1.Cc1ccccc1.Cc1ccco1.Cc1cccs1.Cc1ccoc1.Cc1ccsc1.Cc1ncco1.Cn1cccc1. The third-order valence-corrected chi connectivity index (χ3v) is 8.01. The summed E-state index contributed by atoms with van der Waals surface area (Å²) >= 11 is 3.52. The number of oxazole rings is 1. The van der Waals surface area contributed by atoms with Gasteiger partial charge in [0.25, 0.3) is 0 Å². The van der Waals surface area contributed by atoms with Crippen LogP contribution in [0.3, 0.4) is 0 Å². The molecule has 9 heteroatoms. The fraction of sp³-hybridized carbons (Fsp3) is 0.422. The first-order valence-corrected chi connectivity index (χ1v) is 28.5. The summed E-state index contributed by atoms with van der Waals surface area (Å²) in [4.78, 5) is 11.1. The van der Waals surface area contributed by atoms with E-state index in [1.807, 2.05) is 255 Å². The zero-order valence-electron chi connectivity index (χ0n) is 51.7. The quantitative estimate of drug-likeness (QED) is 0.158. The van der Waals surface area contributed by atoms with Gasteiger partial charge in [-0.05, 0) is 142 Å². The molecule has 8 heterocycles. The summed E-state index contributed by atoms with van der Waals surface area (Å²) in [6, 6.07) is 32.3. The first-order chi connectivity index (χ1) is 35.5. The smallest absolute Gasteiger partial charge is 0.190 e. The van der Waals surface area contributed by atoms with Crippen LogP contribution in [-0.4, -0.2) is 19.5 Å². The second-order valence-corrected chi connectivity index (χ2v) is 13.8. The van der Waals surface area contributed by atoms with Gasteiger partial charge >= 0.3 is 0 Å². The Kier molecular flexibility index (Phi) is 99.0. The zero-order chi connectivity index (χ0) is 58.4. The molecule has 0 aliphatic carbocycles. The van der Waals surface area contributed by atoms with Crippen LogP contribution in [0.5, 0.6) is 0 Å². The van der Waals surface area contributed by atoms with E-state index in [1.165, 1.54) is 32.8 Å². The molecule has 0 aliphatic heterocycles. The van der Waals surface area contributed by atoms with Gasteiger partial charge in [-0.15, -0.1) is 11.3 Å². The molecule has 2 N–H and O–H groups in total. The number of aryl methyl sites for hydroxylation is 9. The molecule has 0 unspecified atom stereocenters. The number of furan rings is 2. The van der Waals surface area contributed by atoms with Crippen LogP contribution in [0.1, 0.15) is 169 Å². The van der Waals surface area contributed by atoms with E-state index in [9.17, 15) is 0 Å². The minimum Gasteiger partial charge on any atom is -0.472 e. The summed E-state index contributed by atoms with van der Waals surface area (Å²) in [5, 5.41) is 6.28. The molecule has 418 valence electrons. The third kappa shape index (κ3) is 80.6. The van der Waals surface area contributed by atoms with Crippen molar-refractivity contribution in [3.8, 4) is 0 Å². The summed E-state index contributed by atoms with van der Waals surface area (Å²) < 4.78 is 16.3. The predicted molar refractivity (Wildman–Crippen MR) is 336 cm³/mol. The lowest BCUT2D eigenvalue weighted by atomic mass is 10.2. The fourth-order valence-electron chi connectivity index (χ4n) is 3.46. The number of rotatable bonds is 0. The van der Waals surface area contributed by atoms with Crippen LogP contribution < -0.4 is 0 Å². The highest BCUT2D eigenvalue weighted by atomic mass is 32.1. The summed E-state index contributed by atoms with van der Waals surface area (Å²) in [5.74, 6) is 1.69. The number of benzene rings is 1. The van der Waals surface area contributed by atoms with Crippen molar-refractivity contribution in [3.05, 3.63) is 220 Å². The minimum absolute atomic E-state index is 0.718. The lowest BCUT2D eigenvalue weighted by molar-refractivity contribution is 0.521. The van der Waals surface area contributed by atoms with Crippen molar-refractivity contribution in [1.82, 2.24) is 19.5 Å². The van der Waals surface area contributed by atoms with Crippen molar-refractivity contribution in [2.45, 2.75) is 180 Å². The number of hydrogen-bond acceptors (Lipinski definition) is 6. The highest BCUT2D eigenvalue weighted by molar-refractivity contribution is 7.09. The topological polar surface area (TPSA) is 88.8 Å². The lowest BCUT2D eigenvalue weighted by Crippen LogP contribution is -1.75. The molecule has 0 spiro atoms.